The Kier molecular flexibility index (Phi) is 4.28. The van der Waals surface area contributed by atoms with E-state index in [9.17, 15) is 8.42 Å². The standard InChI is InChI=1S/C11H17N3O3S/c12-7-10-11(4-1-5-13-10)18(15,16)14-8-9-3-2-6-17-9/h1,4-5,9,14H,2-3,6-8,12H2. The van der Waals surface area contributed by atoms with Crippen LogP contribution in [0.5, 0.6) is 0 Å². The van der Waals surface area contributed by atoms with E-state index in [2.05, 4.69) is 9.71 Å². The first kappa shape index (κ1) is 13.4. The fourth-order valence-electron chi connectivity index (χ4n) is 1.91. The molecule has 1 aliphatic heterocycles. The molecule has 0 radical (unpaired) electrons. The van der Waals surface area contributed by atoms with Crippen LogP contribution < -0.4 is 10.5 Å². The zero-order chi connectivity index (χ0) is 13.0. The van der Waals surface area contributed by atoms with E-state index < -0.39 is 10.0 Å². The summed E-state index contributed by atoms with van der Waals surface area (Å²) >= 11 is 0. The van der Waals surface area contributed by atoms with Gasteiger partial charge in [-0.2, -0.15) is 0 Å². The van der Waals surface area contributed by atoms with Gasteiger partial charge in [0.25, 0.3) is 0 Å². The zero-order valence-electron chi connectivity index (χ0n) is 10.0. The Morgan fingerprint density at radius 1 is 1.56 bits per heavy atom. The number of nitrogens with two attached hydrogens (primary N) is 1. The fourth-order valence-corrected chi connectivity index (χ4v) is 3.17. The minimum absolute atomic E-state index is 0.0298. The normalized spacial score (nSPS) is 20.2. The third-order valence-corrected chi connectivity index (χ3v) is 4.35. The lowest BCUT2D eigenvalue weighted by atomic mass is 10.2. The smallest absolute Gasteiger partial charge is 0.242 e. The molecule has 0 saturated carbocycles. The molecule has 7 heteroatoms. The van der Waals surface area contributed by atoms with Crippen LogP contribution in [0, 0.1) is 0 Å². The predicted molar refractivity (Wildman–Crippen MR) is 66.3 cm³/mol. The first-order valence-corrected chi connectivity index (χ1v) is 7.37. The maximum Gasteiger partial charge on any atom is 0.242 e. The Morgan fingerprint density at radius 3 is 3.06 bits per heavy atom. The van der Waals surface area contributed by atoms with Crippen LogP contribution in [-0.2, 0) is 21.3 Å². The third-order valence-electron chi connectivity index (χ3n) is 2.86. The molecule has 0 bridgehead atoms. The van der Waals surface area contributed by atoms with Crippen LogP contribution >= 0.6 is 0 Å². The Hall–Kier alpha value is -1.02. The minimum atomic E-state index is -3.56. The lowest BCUT2D eigenvalue weighted by Gasteiger charge is -2.12. The first-order valence-electron chi connectivity index (χ1n) is 5.88. The second kappa shape index (κ2) is 5.75. The molecule has 1 fully saturated rings. The van der Waals surface area contributed by atoms with Gasteiger partial charge in [0.05, 0.1) is 11.8 Å². The molecule has 2 heterocycles. The molecule has 2 rings (SSSR count). The van der Waals surface area contributed by atoms with Crippen molar-refractivity contribution in [3.05, 3.63) is 24.0 Å². The van der Waals surface area contributed by atoms with Crippen LogP contribution in [0.3, 0.4) is 0 Å². The molecule has 1 saturated heterocycles. The van der Waals surface area contributed by atoms with E-state index in [1.54, 1.807) is 6.07 Å². The van der Waals surface area contributed by atoms with Gasteiger partial charge in [-0.15, -0.1) is 0 Å². The molecule has 6 nitrogen and oxygen atoms in total. The van der Waals surface area contributed by atoms with E-state index >= 15 is 0 Å². The van der Waals surface area contributed by atoms with Crippen LogP contribution in [-0.4, -0.2) is 32.7 Å². The number of pyridine rings is 1. The summed E-state index contributed by atoms with van der Waals surface area (Å²) < 4.78 is 32.1. The first-order chi connectivity index (χ1) is 8.63. The second-order valence-corrected chi connectivity index (χ2v) is 5.87. The van der Waals surface area contributed by atoms with Gasteiger partial charge in [0.2, 0.25) is 10.0 Å². The maximum absolute atomic E-state index is 12.1. The van der Waals surface area contributed by atoms with Gasteiger partial charge in [-0.1, -0.05) is 0 Å². The largest absolute Gasteiger partial charge is 0.377 e. The van der Waals surface area contributed by atoms with Gasteiger partial charge < -0.3 is 10.5 Å². The van der Waals surface area contributed by atoms with Gasteiger partial charge in [0, 0.05) is 25.9 Å². The van der Waals surface area contributed by atoms with Crippen molar-refractivity contribution in [3.63, 3.8) is 0 Å². The van der Waals surface area contributed by atoms with Crippen molar-refractivity contribution in [2.75, 3.05) is 13.2 Å². The molecule has 1 atom stereocenters. The lowest BCUT2D eigenvalue weighted by Crippen LogP contribution is -2.32. The zero-order valence-corrected chi connectivity index (χ0v) is 10.8. The molecule has 0 aromatic carbocycles. The van der Waals surface area contributed by atoms with Gasteiger partial charge in [-0.05, 0) is 25.0 Å². The second-order valence-electron chi connectivity index (χ2n) is 4.14. The highest BCUT2D eigenvalue weighted by atomic mass is 32.2. The summed E-state index contributed by atoms with van der Waals surface area (Å²) in [5.74, 6) is 0. The summed E-state index contributed by atoms with van der Waals surface area (Å²) in [6.45, 7) is 1.09. The van der Waals surface area contributed by atoms with Crippen molar-refractivity contribution in [2.45, 2.75) is 30.4 Å². The van der Waals surface area contributed by atoms with Crippen molar-refractivity contribution in [1.82, 2.24) is 9.71 Å². The van der Waals surface area contributed by atoms with E-state index in [0.29, 0.717) is 18.8 Å². The maximum atomic E-state index is 12.1. The Bertz CT molecular complexity index is 498. The van der Waals surface area contributed by atoms with Gasteiger partial charge in [-0.25, -0.2) is 13.1 Å². The number of rotatable bonds is 5. The molecule has 1 aliphatic rings. The van der Waals surface area contributed by atoms with Gasteiger partial charge in [0.15, 0.2) is 0 Å². The van der Waals surface area contributed by atoms with Gasteiger partial charge >= 0.3 is 0 Å². The summed E-state index contributed by atoms with van der Waals surface area (Å²) in [7, 11) is -3.56. The highest BCUT2D eigenvalue weighted by Gasteiger charge is 2.22. The van der Waals surface area contributed by atoms with Crippen LogP contribution in [0.1, 0.15) is 18.5 Å². The molecule has 1 unspecified atom stereocenters. The number of hydrogen-bond acceptors (Lipinski definition) is 5. The van der Waals surface area contributed by atoms with E-state index in [-0.39, 0.29) is 17.5 Å². The van der Waals surface area contributed by atoms with E-state index in [4.69, 9.17) is 10.5 Å². The number of nitrogens with zero attached hydrogens (tertiary/aromatic N) is 1. The highest BCUT2D eigenvalue weighted by Crippen LogP contribution is 2.14. The van der Waals surface area contributed by atoms with Crippen molar-refractivity contribution >= 4 is 10.0 Å². The van der Waals surface area contributed by atoms with E-state index in [1.165, 1.54) is 12.3 Å². The number of nitrogens with one attached hydrogen (secondary N) is 1. The molecule has 100 valence electrons. The molecule has 18 heavy (non-hydrogen) atoms. The Balaban J connectivity index is 2.09. The molecule has 1 aromatic heterocycles. The molecule has 0 aliphatic carbocycles. The molecular formula is C11H17N3O3S. The topological polar surface area (TPSA) is 94.3 Å². The predicted octanol–water partition coefficient (Wildman–Crippen LogP) is -0.00240. The average Bonchev–Trinajstić information content (AvgIpc) is 2.89. The van der Waals surface area contributed by atoms with Crippen molar-refractivity contribution in [3.8, 4) is 0 Å². The number of sulfonamides is 1. The van der Waals surface area contributed by atoms with Crippen molar-refractivity contribution in [1.29, 1.82) is 0 Å². The summed E-state index contributed by atoms with van der Waals surface area (Å²) in [5, 5.41) is 0. The van der Waals surface area contributed by atoms with E-state index in [1.807, 2.05) is 0 Å². The quantitative estimate of drug-likeness (QED) is 0.786. The van der Waals surface area contributed by atoms with Crippen LogP contribution in [0.2, 0.25) is 0 Å². The van der Waals surface area contributed by atoms with Gasteiger partial charge in [0.1, 0.15) is 4.90 Å². The third kappa shape index (κ3) is 3.05. The number of aromatic nitrogens is 1. The molecular weight excluding hydrogens is 254 g/mol. The summed E-state index contributed by atoms with van der Waals surface area (Å²) in [5.41, 5.74) is 5.86. The highest BCUT2D eigenvalue weighted by molar-refractivity contribution is 7.89. The van der Waals surface area contributed by atoms with Crippen LogP contribution in [0.25, 0.3) is 0 Å². The average molecular weight is 271 g/mol. The molecule has 3 N–H and O–H groups in total. The number of ether oxygens (including phenoxy) is 1. The van der Waals surface area contributed by atoms with Crippen LogP contribution in [0.4, 0.5) is 0 Å². The Labute approximate surface area is 107 Å². The lowest BCUT2D eigenvalue weighted by molar-refractivity contribution is 0.114. The SMILES string of the molecule is NCc1ncccc1S(=O)(=O)NCC1CCCO1. The van der Waals surface area contributed by atoms with Crippen LogP contribution in [0.15, 0.2) is 23.2 Å². The minimum Gasteiger partial charge on any atom is -0.377 e. The summed E-state index contributed by atoms with van der Waals surface area (Å²) in [6.07, 6.45) is 3.37. The van der Waals surface area contributed by atoms with E-state index in [0.717, 1.165) is 12.8 Å². The molecule has 0 amide bonds. The molecule has 1 aromatic rings. The summed E-state index contributed by atoms with van der Waals surface area (Å²) in [6, 6.07) is 3.09. The molecule has 0 spiro atoms. The fraction of sp³-hybridized carbons (Fsp3) is 0.545. The van der Waals surface area contributed by atoms with Crippen molar-refractivity contribution in [2.24, 2.45) is 5.73 Å². The Morgan fingerprint density at radius 2 is 2.39 bits per heavy atom. The van der Waals surface area contributed by atoms with Gasteiger partial charge in [-0.3, -0.25) is 4.98 Å². The summed E-state index contributed by atoms with van der Waals surface area (Å²) in [4.78, 5) is 4.11. The number of hydrogen-bond donors (Lipinski definition) is 2. The monoisotopic (exact) mass is 271 g/mol. The van der Waals surface area contributed by atoms with Crippen molar-refractivity contribution < 1.29 is 13.2 Å².